The van der Waals surface area contributed by atoms with Gasteiger partial charge in [0.15, 0.2) is 0 Å². The molecule has 0 saturated carbocycles. The molecular formula is C22H19ClN4O4. The molecule has 0 fully saturated rings. The highest BCUT2D eigenvalue weighted by Gasteiger charge is 2.17. The lowest BCUT2D eigenvalue weighted by molar-refractivity contribution is -0.117. The van der Waals surface area contributed by atoms with Gasteiger partial charge in [0, 0.05) is 26.5 Å². The molecule has 3 rings (SSSR count). The van der Waals surface area contributed by atoms with E-state index in [0.717, 1.165) is 0 Å². The van der Waals surface area contributed by atoms with E-state index in [1.807, 2.05) is 6.07 Å². The summed E-state index contributed by atoms with van der Waals surface area (Å²) in [5, 5.41) is 12.4. The Labute approximate surface area is 183 Å². The summed E-state index contributed by atoms with van der Waals surface area (Å²) >= 11 is 6.17. The summed E-state index contributed by atoms with van der Waals surface area (Å²) in [6.45, 7) is 0.793. The number of hydrogen-bond acceptors (Lipinski definition) is 6. The number of carbonyl (C=O) groups is 1. The van der Waals surface area contributed by atoms with E-state index in [1.54, 1.807) is 49.6 Å². The summed E-state index contributed by atoms with van der Waals surface area (Å²) in [6, 6.07) is 13.6. The lowest BCUT2D eigenvalue weighted by Crippen LogP contribution is -2.27. The highest BCUT2D eigenvalue weighted by molar-refractivity contribution is 6.32. The summed E-state index contributed by atoms with van der Waals surface area (Å²) in [5.74, 6) is -0.391. The predicted molar refractivity (Wildman–Crippen MR) is 116 cm³/mol. The summed E-state index contributed by atoms with van der Waals surface area (Å²) in [7, 11) is 1.56. The van der Waals surface area contributed by atoms with Crippen molar-refractivity contribution in [2.45, 2.75) is 6.42 Å². The number of fused-ring (bicyclic) bond motifs is 1. The second kappa shape index (κ2) is 10.4. The number of nitrogens with one attached hydrogen (secondary N) is 1. The van der Waals surface area contributed by atoms with Crippen molar-refractivity contribution in [1.82, 2.24) is 14.7 Å². The fourth-order valence-corrected chi connectivity index (χ4v) is 2.90. The zero-order chi connectivity index (χ0) is 22.2. The van der Waals surface area contributed by atoms with Gasteiger partial charge in [-0.2, -0.15) is 10.2 Å². The van der Waals surface area contributed by atoms with Crippen LogP contribution in [0.3, 0.4) is 0 Å². The van der Waals surface area contributed by atoms with Crippen molar-refractivity contribution in [3.63, 3.8) is 0 Å². The minimum atomic E-state index is -0.611. The number of nitrogens with zero attached hydrogens (tertiary/aromatic N) is 3. The van der Waals surface area contributed by atoms with Crippen LogP contribution in [0.5, 0.6) is 11.6 Å². The van der Waals surface area contributed by atoms with Crippen molar-refractivity contribution < 1.29 is 14.3 Å². The normalized spacial score (nSPS) is 11.2. The Balaban J connectivity index is 2.06. The average molecular weight is 439 g/mol. The van der Waals surface area contributed by atoms with Crippen LogP contribution < -0.4 is 15.6 Å². The van der Waals surface area contributed by atoms with Crippen molar-refractivity contribution in [3.8, 4) is 17.7 Å². The van der Waals surface area contributed by atoms with Crippen molar-refractivity contribution in [1.29, 1.82) is 5.26 Å². The van der Waals surface area contributed by atoms with Crippen LogP contribution in [0.25, 0.3) is 11.7 Å². The third kappa shape index (κ3) is 5.28. The Hall–Kier alpha value is -3.67. The van der Waals surface area contributed by atoms with Gasteiger partial charge in [0.2, 0.25) is 5.88 Å². The summed E-state index contributed by atoms with van der Waals surface area (Å²) < 4.78 is 12.0. The van der Waals surface area contributed by atoms with E-state index in [9.17, 15) is 14.9 Å². The third-order valence-electron chi connectivity index (χ3n) is 4.24. The average Bonchev–Trinajstić information content (AvgIpc) is 2.78. The monoisotopic (exact) mass is 438 g/mol. The molecule has 0 aliphatic carbocycles. The maximum absolute atomic E-state index is 13.1. The van der Waals surface area contributed by atoms with Crippen LogP contribution >= 0.6 is 11.6 Å². The first kappa shape index (κ1) is 22.0. The van der Waals surface area contributed by atoms with Crippen molar-refractivity contribution in [3.05, 3.63) is 75.2 Å². The molecule has 0 radical (unpaired) electrons. The highest BCUT2D eigenvalue weighted by atomic mass is 35.5. The molecule has 0 spiro atoms. The number of hydrogen-bond donors (Lipinski definition) is 1. The number of methoxy groups -OCH3 is 1. The van der Waals surface area contributed by atoms with E-state index in [4.69, 9.17) is 21.1 Å². The van der Waals surface area contributed by atoms with Crippen LogP contribution in [-0.4, -0.2) is 35.6 Å². The van der Waals surface area contributed by atoms with Gasteiger partial charge in [-0.15, -0.1) is 0 Å². The van der Waals surface area contributed by atoms with Gasteiger partial charge in [-0.25, -0.2) is 0 Å². The van der Waals surface area contributed by atoms with E-state index in [0.29, 0.717) is 30.2 Å². The molecule has 2 heterocycles. The maximum atomic E-state index is 13.1. The van der Waals surface area contributed by atoms with E-state index in [-0.39, 0.29) is 22.8 Å². The molecule has 0 atom stereocenters. The molecule has 8 nitrogen and oxygen atoms in total. The van der Waals surface area contributed by atoms with Crippen LogP contribution in [0.15, 0.2) is 59.0 Å². The van der Waals surface area contributed by atoms with Crippen molar-refractivity contribution in [2.75, 3.05) is 20.3 Å². The van der Waals surface area contributed by atoms with Gasteiger partial charge in [0.25, 0.3) is 11.5 Å². The molecule has 3 aromatic rings. The third-order valence-corrected chi connectivity index (χ3v) is 4.55. The zero-order valence-corrected chi connectivity index (χ0v) is 17.4. The minimum absolute atomic E-state index is 0.0489. The zero-order valence-electron chi connectivity index (χ0n) is 16.7. The number of nitriles is 1. The first-order chi connectivity index (χ1) is 15.0. The van der Waals surface area contributed by atoms with Crippen LogP contribution in [0, 0.1) is 11.3 Å². The first-order valence-corrected chi connectivity index (χ1v) is 9.75. The first-order valence-electron chi connectivity index (χ1n) is 9.38. The highest BCUT2D eigenvalue weighted by Crippen LogP contribution is 2.29. The molecule has 1 N–H and O–H groups in total. The molecule has 2 aromatic heterocycles. The molecule has 9 heteroatoms. The van der Waals surface area contributed by atoms with Gasteiger partial charge < -0.3 is 14.8 Å². The Morgan fingerprint density at radius 2 is 2.06 bits per heavy atom. The number of rotatable bonds is 8. The van der Waals surface area contributed by atoms with E-state index >= 15 is 0 Å². The predicted octanol–water partition coefficient (Wildman–Crippen LogP) is 3.20. The van der Waals surface area contributed by atoms with Gasteiger partial charge in [0.05, 0.1) is 5.02 Å². The quantitative estimate of drug-likeness (QED) is 0.329. The van der Waals surface area contributed by atoms with Crippen molar-refractivity contribution >= 4 is 29.2 Å². The number of para-hydroxylation sites is 1. The number of carbonyl (C=O) groups excluding carboxylic acids is 1. The molecule has 1 aromatic carbocycles. The smallest absolute Gasteiger partial charge is 0.269 e. The molecule has 0 unspecified atom stereocenters. The molecule has 1 amide bonds. The number of ether oxygens (including phenoxy) is 2. The fourth-order valence-electron chi connectivity index (χ4n) is 2.72. The van der Waals surface area contributed by atoms with E-state index in [1.165, 1.54) is 16.7 Å². The fraction of sp³-hybridized carbons (Fsp3) is 0.182. The second-order valence-electron chi connectivity index (χ2n) is 6.37. The Bertz CT molecular complexity index is 1230. The van der Waals surface area contributed by atoms with Crippen LogP contribution in [0.1, 0.15) is 12.0 Å². The van der Waals surface area contributed by atoms with Gasteiger partial charge >= 0.3 is 0 Å². The number of halogens is 1. The molecule has 0 aliphatic rings. The van der Waals surface area contributed by atoms with Gasteiger partial charge in [-0.1, -0.05) is 29.8 Å². The Kier molecular flexibility index (Phi) is 7.38. The van der Waals surface area contributed by atoms with Gasteiger partial charge in [-0.3, -0.25) is 14.0 Å². The topological polar surface area (TPSA) is 106 Å². The van der Waals surface area contributed by atoms with Crippen LogP contribution in [0.2, 0.25) is 5.02 Å². The standard InChI is InChI=1S/C22H19ClN4O4/c1-30-12-6-10-25-20(28)15(14-24)13-16-21(31-18-8-3-2-7-17(18)23)26-19-9-4-5-11-27(19)22(16)29/h2-5,7-9,11,13H,6,10,12H2,1H3,(H,25,28)/b15-13+. The molecule has 158 valence electrons. The number of pyridine rings is 1. The number of benzene rings is 1. The summed E-state index contributed by atoms with van der Waals surface area (Å²) in [4.78, 5) is 29.9. The second-order valence-corrected chi connectivity index (χ2v) is 6.78. The minimum Gasteiger partial charge on any atom is -0.437 e. The lowest BCUT2D eigenvalue weighted by Gasteiger charge is -2.11. The Morgan fingerprint density at radius 1 is 1.29 bits per heavy atom. The molecule has 0 bridgehead atoms. The number of aromatic nitrogens is 2. The largest absolute Gasteiger partial charge is 0.437 e. The van der Waals surface area contributed by atoms with Gasteiger partial charge in [-0.05, 0) is 36.8 Å². The SMILES string of the molecule is COCCCNC(=O)/C(C#N)=C/c1c(Oc2ccccc2Cl)nc2ccccn2c1=O. The Morgan fingerprint density at radius 3 is 2.81 bits per heavy atom. The summed E-state index contributed by atoms with van der Waals surface area (Å²) in [5.41, 5.74) is -0.453. The number of amides is 1. The molecule has 31 heavy (non-hydrogen) atoms. The van der Waals surface area contributed by atoms with E-state index < -0.39 is 11.5 Å². The van der Waals surface area contributed by atoms with Crippen molar-refractivity contribution in [2.24, 2.45) is 0 Å². The lowest BCUT2D eigenvalue weighted by atomic mass is 10.1. The van der Waals surface area contributed by atoms with E-state index in [2.05, 4.69) is 10.3 Å². The van der Waals surface area contributed by atoms with Gasteiger partial charge in [0.1, 0.15) is 28.6 Å². The molecule has 0 saturated heterocycles. The van der Waals surface area contributed by atoms with Crippen LogP contribution in [-0.2, 0) is 9.53 Å². The molecular weight excluding hydrogens is 420 g/mol. The maximum Gasteiger partial charge on any atom is 0.269 e. The molecule has 0 aliphatic heterocycles. The summed E-state index contributed by atoms with van der Waals surface area (Å²) in [6.07, 6.45) is 3.30. The van der Waals surface area contributed by atoms with Crippen LogP contribution in [0.4, 0.5) is 0 Å².